The number of nitrogens with one attached hydrogen (secondary N) is 1. The quantitative estimate of drug-likeness (QED) is 0.635. The maximum atomic E-state index is 11.9. The highest BCUT2D eigenvalue weighted by atomic mass is 16.5. The Labute approximate surface area is 108 Å². The molecule has 0 radical (unpaired) electrons. The van der Waals surface area contributed by atoms with Crippen LogP contribution < -0.4 is 5.32 Å². The monoisotopic (exact) mass is 258 g/mol. The van der Waals surface area contributed by atoms with Gasteiger partial charge in [0.1, 0.15) is 6.04 Å². The lowest BCUT2D eigenvalue weighted by molar-refractivity contribution is -0.140. The minimum Gasteiger partial charge on any atom is -0.480 e. The normalized spacial score (nSPS) is 12.0. The van der Waals surface area contributed by atoms with Gasteiger partial charge in [0.05, 0.1) is 6.61 Å². The Morgan fingerprint density at radius 3 is 2.50 bits per heavy atom. The Hall–Kier alpha value is -1.56. The zero-order valence-electron chi connectivity index (χ0n) is 11.2. The molecule has 0 fully saturated rings. The van der Waals surface area contributed by atoms with Crippen molar-refractivity contribution in [2.45, 2.75) is 19.9 Å². The Morgan fingerprint density at radius 1 is 1.50 bits per heavy atom. The van der Waals surface area contributed by atoms with Gasteiger partial charge in [-0.1, -0.05) is 19.9 Å². The van der Waals surface area contributed by atoms with Crippen molar-refractivity contribution in [3.8, 4) is 0 Å². The van der Waals surface area contributed by atoms with E-state index < -0.39 is 18.0 Å². The standard InChI is InChI=1S/C12H22N2O4/c1-5-6-14(7-8-18-4)12(17)13-10(9(2)3)11(15)16/h5,9-10H,1,6-8H2,2-4H3,(H,13,17)(H,15,16)/t10-/m1/s1. The van der Waals surface area contributed by atoms with E-state index in [-0.39, 0.29) is 5.92 Å². The van der Waals surface area contributed by atoms with Crippen LogP contribution in [0.25, 0.3) is 0 Å². The van der Waals surface area contributed by atoms with Crippen molar-refractivity contribution in [2.75, 3.05) is 26.8 Å². The number of urea groups is 1. The first kappa shape index (κ1) is 16.4. The number of ether oxygens (including phenoxy) is 1. The van der Waals surface area contributed by atoms with E-state index in [4.69, 9.17) is 9.84 Å². The van der Waals surface area contributed by atoms with E-state index in [1.807, 2.05) is 0 Å². The summed E-state index contributed by atoms with van der Waals surface area (Å²) < 4.78 is 4.90. The molecule has 18 heavy (non-hydrogen) atoms. The van der Waals surface area contributed by atoms with Crippen molar-refractivity contribution in [3.05, 3.63) is 12.7 Å². The van der Waals surface area contributed by atoms with Crippen LogP contribution in [0.5, 0.6) is 0 Å². The van der Waals surface area contributed by atoms with Crippen LogP contribution in [0.15, 0.2) is 12.7 Å². The van der Waals surface area contributed by atoms with Gasteiger partial charge in [0.15, 0.2) is 0 Å². The molecular weight excluding hydrogens is 236 g/mol. The number of hydrogen-bond acceptors (Lipinski definition) is 3. The third-order valence-electron chi connectivity index (χ3n) is 2.41. The molecule has 0 aromatic rings. The number of methoxy groups -OCH3 is 1. The molecule has 0 bridgehead atoms. The molecule has 0 rings (SSSR count). The predicted octanol–water partition coefficient (Wildman–Crippen LogP) is 0.940. The van der Waals surface area contributed by atoms with Crippen molar-refractivity contribution in [1.29, 1.82) is 0 Å². The molecular formula is C12H22N2O4. The summed E-state index contributed by atoms with van der Waals surface area (Å²) in [6, 6.07) is -1.32. The highest BCUT2D eigenvalue weighted by Gasteiger charge is 2.25. The highest BCUT2D eigenvalue weighted by molar-refractivity contribution is 5.82. The molecule has 104 valence electrons. The molecule has 0 aliphatic heterocycles. The Kier molecular flexibility index (Phi) is 7.78. The molecule has 0 aromatic heterocycles. The first-order chi connectivity index (χ1) is 8.43. The number of carbonyl (C=O) groups is 2. The smallest absolute Gasteiger partial charge is 0.326 e. The molecule has 0 aromatic carbocycles. The molecule has 0 heterocycles. The molecule has 0 unspecified atom stereocenters. The van der Waals surface area contributed by atoms with Gasteiger partial charge in [0.2, 0.25) is 0 Å². The molecule has 1 atom stereocenters. The van der Waals surface area contributed by atoms with E-state index in [1.165, 1.54) is 12.0 Å². The maximum absolute atomic E-state index is 11.9. The summed E-state index contributed by atoms with van der Waals surface area (Å²) in [7, 11) is 1.54. The summed E-state index contributed by atoms with van der Waals surface area (Å²) in [5, 5.41) is 11.5. The minimum absolute atomic E-state index is 0.181. The van der Waals surface area contributed by atoms with Gasteiger partial charge in [-0.25, -0.2) is 9.59 Å². The summed E-state index contributed by atoms with van der Waals surface area (Å²) in [5.41, 5.74) is 0. The lowest BCUT2D eigenvalue weighted by Crippen LogP contribution is -2.50. The molecule has 0 saturated heterocycles. The van der Waals surface area contributed by atoms with Gasteiger partial charge in [-0.2, -0.15) is 0 Å². The van der Waals surface area contributed by atoms with Gasteiger partial charge in [0, 0.05) is 20.2 Å². The number of aliphatic carboxylic acids is 1. The summed E-state index contributed by atoms with van der Waals surface area (Å²) in [4.78, 5) is 24.4. The summed E-state index contributed by atoms with van der Waals surface area (Å²) in [6.07, 6.45) is 1.58. The molecule has 0 aliphatic rings. The Morgan fingerprint density at radius 2 is 2.11 bits per heavy atom. The molecule has 6 heteroatoms. The van der Waals surface area contributed by atoms with Crippen LogP contribution in [0, 0.1) is 5.92 Å². The second-order valence-electron chi connectivity index (χ2n) is 4.24. The Balaban J connectivity index is 4.55. The third-order valence-corrected chi connectivity index (χ3v) is 2.41. The van der Waals surface area contributed by atoms with Crippen LogP contribution >= 0.6 is 0 Å². The van der Waals surface area contributed by atoms with Crippen molar-refractivity contribution in [3.63, 3.8) is 0 Å². The third kappa shape index (κ3) is 5.67. The van der Waals surface area contributed by atoms with Crippen LogP contribution in [0.4, 0.5) is 4.79 Å². The number of nitrogens with zero attached hydrogens (tertiary/aromatic N) is 1. The molecule has 6 nitrogen and oxygen atoms in total. The van der Waals surface area contributed by atoms with Crippen molar-refractivity contribution >= 4 is 12.0 Å². The number of amides is 2. The Bertz CT molecular complexity index is 292. The minimum atomic E-state index is -1.04. The number of carboxylic acid groups (broad SMARTS) is 1. The SMILES string of the molecule is C=CCN(CCOC)C(=O)N[C@@H](C(=O)O)C(C)C. The van der Waals surface area contributed by atoms with Crippen molar-refractivity contribution in [1.82, 2.24) is 10.2 Å². The van der Waals surface area contributed by atoms with E-state index in [1.54, 1.807) is 19.9 Å². The van der Waals surface area contributed by atoms with Gasteiger partial charge in [-0.15, -0.1) is 6.58 Å². The van der Waals surface area contributed by atoms with Gasteiger partial charge < -0.3 is 20.1 Å². The van der Waals surface area contributed by atoms with Gasteiger partial charge >= 0.3 is 12.0 Å². The van der Waals surface area contributed by atoms with E-state index in [2.05, 4.69) is 11.9 Å². The molecule has 0 saturated carbocycles. The van der Waals surface area contributed by atoms with E-state index in [0.29, 0.717) is 19.7 Å². The fourth-order valence-electron chi connectivity index (χ4n) is 1.37. The van der Waals surface area contributed by atoms with Gasteiger partial charge in [-0.05, 0) is 5.92 Å². The second kappa shape index (κ2) is 8.52. The van der Waals surface area contributed by atoms with Gasteiger partial charge in [-0.3, -0.25) is 0 Å². The maximum Gasteiger partial charge on any atom is 0.326 e. The number of hydrogen-bond donors (Lipinski definition) is 2. The largest absolute Gasteiger partial charge is 0.480 e. The first-order valence-corrected chi connectivity index (χ1v) is 5.82. The number of rotatable bonds is 8. The first-order valence-electron chi connectivity index (χ1n) is 5.82. The lowest BCUT2D eigenvalue weighted by Gasteiger charge is -2.25. The average Bonchev–Trinajstić information content (AvgIpc) is 2.30. The van der Waals surface area contributed by atoms with Crippen molar-refractivity contribution < 1.29 is 19.4 Å². The summed E-state index contributed by atoms with van der Waals surface area (Å²) >= 11 is 0. The van der Waals surface area contributed by atoms with Crippen LogP contribution in [0.1, 0.15) is 13.8 Å². The zero-order chi connectivity index (χ0) is 14.1. The molecule has 2 N–H and O–H groups in total. The average molecular weight is 258 g/mol. The predicted molar refractivity (Wildman–Crippen MR) is 68.4 cm³/mol. The number of carbonyl (C=O) groups excluding carboxylic acids is 1. The summed E-state index contributed by atoms with van der Waals surface area (Å²) in [6.45, 7) is 8.17. The zero-order valence-corrected chi connectivity index (χ0v) is 11.2. The molecule has 0 aliphatic carbocycles. The highest BCUT2D eigenvalue weighted by Crippen LogP contribution is 2.03. The molecule has 0 spiro atoms. The topological polar surface area (TPSA) is 78.9 Å². The fourth-order valence-corrected chi connectivity index (χ4v) is 1.37. The van der Waals surface area contributed by atoms with E-state index in [0.717, 1.165) is 0 Å². The van der Waals surface area contributed by atoms with E-state index in [9.17, 15) is 9.59 Å². The summed E-state index contributed by atoms with van der Waals surface area (Å²) in [5.74, 6) is -1.22. The lowest BCUT2D eigenvalue weighted by atomic mass is 10.1. The molecule has 2 amide bonds. The van der Waals surface area contributed by atoms with Gasteiger partial charge in [0.25, 0.3) is 0 Å². The van der Waals surface area contributed by atoms with Crippen LogP contribution in [-0.4, -0.2) is 54.9 Å². The fraction of sp³-hybridized carbons (Fsp3) is 0.667. The van der Waals surface area contributed by atoms with Crippen LogP contribution in [0.2, 0.25) is 0 Å². The van der Waals surface area contributed by atoms with Crippen LogP contribution in [0.3, 0.4) is 0 Å². The van der Waals surface area contributed by atoms with Crippen LogP contribution in [-0.2, 0) is 9.53 Å². The van der Waals surface area contributed by atoms with Crippen molar-refractivity contribution in [2.24, 2.45) is 5.92 Å². The number of carboxylic acids is 1. The second-order valence-corrected chi connectivity index (χ2v) is 4.24. The van der Waals surface area contributed by atoms with E-state index >= 15 is 0 Å².